The Bertz CT molecular complexity index is 1120. The average Bonchev–Trinajstić information content (AvgIpc) is 3.31. The molecule has 0 atom stereocenters. The highest BCUT2D eigenvalue weighted by atomic mass is 35.5. The van der Waals surface area contributed by atoms with Gasteiger partial charge in [-0.2, -0.15) is 4.31 Å². The molecular formula is C19H18ClN3O3S. The first kappa shape index (κ1) is 18.0. The summed E-state index contributed by atoms with van der Waals surface area (Å²) in [6.45, 7) is 1.06. The Morgan fingerprint density at radius 1 is 1.07 bits per heavy atom. The van der Waals surface area contributed by atoms with Crippen molar-refractivity contribution in [3.8, 4) is 0 Å². The molecule has 1 fully saturated rings. The van der Waals surface area contributed by atoms with E-state index in [9.17, 15) is 13.2 Å². The maximum absolute atomic E-state index is 12.7. The number of rotatable bonds is 4. The fourth-order valence-electron chi connectivity index (χ4n) is 3.27. The second-order valence-electron chi connectivity index (χ2n) is 6.45. The van der Waals surface area contributed by atoms with Crippen LogP contribution in [0.25, 0.3) is 10.9 Å². The standard InChI is InChI=1S/C19H18ClN3O3S/c20-17-15-8-1-2-9-16(15)22-18(17)19(24)21-13-6-5-7-14(12-13)27(25,26)23-10-3-4-11-23/h1-2,5-9,12,22H,3-4,10-11H2,(H,21,24). The van der Waals surface area contributed by atoms with Crippen LogP contribution in [0.2, 0.25) is 5.02 Å². The number of carbonyl (C=O) groups is 1. The number of carbonyl (C=O) groups excluding carboxylic acids is 1. The summed E-state index contributed by atoms with van der Waals surface area (Å²) < 4.78 is 26.9. The van der Waals surface area contributed by atoms with Crippen molar-refractivity contribution in [2.75, 3.05) is 18.4 Å². The first-order valence-corrected chi connectivity index (χ1v) is 10.5. The summed E-state index contributed by atoms with van der Waals surface area (Å²) in [5.74, 6) is -0.424. The van der Waals surface area contributed by atoms with E-state index >= 15 is 0 Å². The number of benzene rings is 2. The fourth-order valence-corrected chi connectivity index (χ4v) is 5.13. The Labute approximate surface area is 162 Å². The molecule has 0 saturated carbocycles. The molecule has 2 aromatic carbocycles. The van der Waals surface area contributed by atoms with Gasteiger partial charge in [-0.15, -0.1) is 0 Å². The van der Waals surface area contributed by atoms with Gasteiger partial charge in [0.15, 0.2) is 0 Å². The Hall–Kier alpha value is -2.35. The predicted molar refractivity (Wildman–Crippen MR) is 106 cm³/mol. The Morgan fingerprint density at radius 3 is 2.56 bits per heavy atom. The number of fused-ring (bicyclic) bond motifs is 1. The molecule has 1 amide bonds. The molecule has 3 aromatic rings. The first-order chi connectivity index (χ1) is 13.0. The molecule has 27 heavy (non-hydrogen) atoms. The lowest BCUT2D eigenvalue weighted by atomic mass is 10.2. The van der Waals surface area contributed by atoms with Gasteiger partial charge in [-0.1, -0.05) is 35.9 Å². The van der Waals surface area contributed by atoms with Gasteiger partial charge >= 0.3 is 0 Å². The monoisotopic (exact) mass is 403 g/mol. The van der Waals surface area contributed by atoms with Gasteiger partial charge in [-0.05, 0) is 37.1 Å². The minimum absolute atomic E-state index is 0.171. The van der Waals surface area contributed by atoms with E-state index in [1.807, 2.05) is 24.3 Å². The fraction of sp³-hybridized carbons (Fsp3) is 0.211. The Balaban J connectivity index is 1.61. The average molecular weight is 404 g/mol. The van der Waals surface area contributed by atoms with Crippen molar-refractivity contribution in [1.82, 2.24) is 9.29 Å². The molecule has 0 spiro atoms. The minimum atomic E-state index is -3.54. The van der Waals surface area contributed by atoms with Crippen molar-refractivity contribution in [1.29, 1.82) is 0 Å². The molecule has 8 heteroatoms. The molecule has 6 nitrogen and oxygen atoms in total. The molecule has 0 bridgehead atoms. The molecule has 140 valence electrons. The van der Waals surface area contributed by atoms with Crippen molar-refractivity contribution in [2.45, 2.75) is 17.7 Å². The number of sulfonamides is 1. The van der Waals surface area contributed by atoms with E-state index in [1.54, 1.807) is 18.2 Å². The highest BCUT2D eigenvalue weighted by Gasteiger charge is 2.27. The third kappa shape index (κ3) is 3.34. The summed E-state index contributed by atoms with van der Waals surface area (Å²) in [5, 5.41) is 3.82. The molecule has 1 aromatic heterocycles. The van der Waals surface area contributed by atoms with Gasteiger partial charge in [0, 0.05) is 29.7 Å². The molecule has 0 unspecified atom stereocenters. The quantitative estimate of drug-likeness (QED) is 0.693. The molecule has 2 N–H and O–H groups in total. The smallest absolute Gasteiger partial charge is 0.273 e. The molecule has 4 rings (SSSR count). The van der Waals surface area contributed by atoms with Crippen molar-refractivity contribution in [3.63, 3.8) is 0 Å². The molecule has 1 aliphatic rings. The maximum atomic E-state index is 12.7. The second-order valence-corrected chi connectivity index (χ2v) is 8.77. The van der Waals surface area contributed by atoms with Gasteiger partial charge in [-0.25, -0.2) is 8.42 Å². The largest absolute Gasteiger partial charge is 0.349 e. The summed E-state index contributed by atoms with van der Waals surface area (Å²) >= 11 is 6.31. The van der Waals surface area contributed by atoms with Crippen LogP contribution in [0.5, 0.6) is 0 Å². The number of hydrogen-bond donors (Lipinski definition) is 2. The summed E-state index contributed by atoms with van der Waals surface area (Å²) in [5.41, 5.74) is 1.40. The van der Waals surface area contributed by atoms with Gasteiger partial charge in [0.2, 0.25) is 10.0 Å². The number of halogens is 1. The Kier molecular flexibility index (Phi) is 4.67. The van der Waals surface area contributed by atoms with Crippen LogP contribution < -0.4 is 5.32 Å². The number of para-hydroxylation sites is 1. The normalized spacial score (nSPS) is 15.3. The molecule has 2 heterocycles. The predicted octanol–water partition coefficient (Wildman–Crippen LogP) is 3.86. The summed E-state index contributed by atoms with van der Waals surface area (Å²) in [7, 11) is -3.54. The van der Waals surface area contributed by atoms with Gasteiger partial charge in [0.1, 0.15) is 5.69 Å². The van der Waals surface area contributed by atoms with E-state index in [-0.39, 0.29) is 10.6 Å². The lowest BCUT2D eigenvalue weighted by Crippen LogP contribution is -2.27. The van der Waals surface area contributed by atoms with E-state index in [0.717, 1.165) is 23.7 Å². The number of anilines is 1. The minimum Gasteiger partial charge on any atom is -0.349 e. The zero-order valence-corrected chi connectivity index (χ0v) is 16.0. The van der Waals surface area contributed by atoms with Crippen LogP contribution in [0.1, 0.15) is 23.3 Å². The van der Waals surface area contributed by atoms with Crippen LogP contribution in [0, 0.1) is 0 Å². The van der Waals surface area contributed by atoms with Crippen LogP contribution >= 0.6 is 11.6 Å². The number of aromatic nitrogens is 1. The highest BCUT2D eigenvalue weighted by molar-refractivity contribution is 7.89. The summed E-state index contributed by atoms with van der Waals surface area (Å²) in [6, 6.07) is 13.6. The van der Waals surface area contributed by atoms with E-state index in [2.05, 4.69) is 10.3 Å². The van der Waals surface area contributed by atoms with Gasteiger partial charge in [0.05, 0.1) is 9.92 Å². The van der Waals surface area contributed by atoms with Gasteiger partial charge in [0.25, 0.3) is 5.91 Å². The number of hydrogen-bond acceptors (Lipinski definition) is 3. The van der Waals surface area contributed by atoms with Crippen LogP contribution in [0.4, 0.5) is 5.69 Å². The first-order valence-electron chi connectivity index (χ1n) is 8.64. The van der Waals surface area contributed by atoms with Crippen LogP contribution in [0.3, 0.4) is 0 Å². The number of amides is 1. The molecule has 1 saturated heterocycles. The number of aromatic amines is 1. The van der Waals surface area contributed by atoms with Gasteiger partial charge in [-0.3, -0.25) is 4.79 Å². The van der Waals surface area contributed by atoms with E-state index in [0.29, 0.717) is 23.8 Å². The van der Waals surface area contributed by atoms with Gasteiger partial charge < -0.3 is 10.3 Å². The molecule has 0 aliphatic carbocycles. The number of H-pyrrole nitrogens is 1. The number of nitrogens with zero attached hydrogens (tertiary/aromatic N) is 1. The summed E-state index contributed by atoms with van der Waals surface area (Å²) in [6.07, 6.45) is 1.74. The Morgan fingerprint density at radius 2 is 1.81 bits per heavy atom. The highest BCUT2D eigenvalue weighted by Crippen LogP contribution is 2.28. The maximum Gasteiger partial charge on any atom is 0.273 e. The third-order valence-electron chi connectivity index (χ3n) is 4.66. The van der Waals surface area contributed by atoms with E-state index in [4.69, 9.17) is 11.6 Å². The molecule has 0 radical (unpaired) electrons. The van der Waals surface area contributed by atoms with Crippen LogP contribution in [-0.2, 0) is 10.0 Å². The van der Waals surface area contributed by atoms with E-state index in [1.165, 1.54) is 10.4 Å². The third-order valence-corrected chi connectivity index (χ3v) is 6.95. The molecule has 1 aliphatic heterocycles. The van der Waals surface area contributed by atoms with Crippen molar-refractivity contribution in [3.05, 3.63) is 59.2 Å². The zero-order valence-electron chi connectivity index (χ0n) is 14.4. The summed E-state index contributed by atoms with van der Waals surface area (Å²) in [4.78, 5) is 15.8. The molecular weight excluding hydrogens is 386 g/mol. The zero-order chi connectivity index (χ0) is 19.0. The van der Waals surface area contributed by atoms with Crippen molar-refractivity contribution in [2.24, 2.45) is 0 Å². The van der Waals surface area contributed by atoms with E-state index < -0.39 is 15.9 Å². The van der Waals surface area contributed by atoms with Crippen molar-refractivity contribution >= 4 is 44.1 Å². The second kappa shape index (κ2) is 6.99. The SMILES string of the molecule is O=C(Nc1cccc(S(=O)(=O)N2CCCC2)c1)c1[nH]c2ccccc2c1Cl. The number of nitrogens with one attached hydrogen (secondary N) is 2. The topological polar surface area (TPSA) is 82.3 Å². The lowest BCUT2D eigenvalue weighted by Gasteiger charge is -2.16. The van der Waals surface area contributed by atoms with Crippen LogP contribution in [-0.4, -0.2) is 36.7 Å². The van der Waals surface area contributed by atoms with Crippen molar-refractivity contribution < 1.29 is 13.2 Å². The van der Waals surface area contributed by atoms with Crippen LogP contribution in [0.15, 0.2) is 53.4 Å². The lowest BCUT2D eigenvalue weighted by molar-refractivity contribution is 0.102.